The van der Waals surface area contributed by atoms with E-state index in [-0.39, 0.29) is 17.5 Å². The highest BCUT2D eigenvalue weighted by molar-refractivity contribution is 7.92. The summed E-state index contributed by atoms with van der Waals surface area (Å²) < 4.78 is 39.9. The van der Waals surface area contributed by atoms with Crippen molar-refractivity contribution < 1.29 is 22.7 Å². The molecule has 1 aliphatic heterocycles. The van der Waals surface area contributed by atoms with E-state index in [4.69, 9.17) is 9.47 Å². The lowest BCUT2D eigenvalue weighted by atomic mass is 10.2. The Morgan fingerprint density at radius 3 is 2.42 bits per heavy atom. The van der Waals surface area contributed by atoms with Gasteiger partial charge in [-0.25, -0.2) is 8.42 Å². The van der Waals surface area contributed by atoms with Crippen molar-refractivity contribution >= 4 is 27.3 Å². The topological polar surface area (TPSA) is 84.9 Å². The average molecular weight is 467 g/mol. The van der Waals surface area contributed by atoms with Crippen molar-refractivity contribution in [3.63, 3.8) is 0 Å². The second kappa shape index (κ2) is 9.15. The number of nitrogens with one attached hydrogen (secondary N) is 1. The van der Waals surface area contributed by atoms with Gasteiger partial charge in [-0.05, 0) is 57.2 Å². The van der Waals surface area contributed by atoms with Crippen LogP contribution in [0.5, 0.6) is 11.5 Å². The van der Waals surface area contributed by atoms with E-state index in [1.807, 2.05) is 26.8 Å². The van der Waals surface area contributed by atoms with Crippen LogP contribution in [0.15, 0.2) is 77.7 Å². The highest BCUT2D eigenvalue weighted by Gasteiger charge is 2.37. The number of rotatable bonds is 6. The number of benzene rings is 3. The highest BCUT2D eigenvalue weighted by atomic mass is 32.2. The monoisotopic (exact) mass is 466 g/mol. The molecule has 0 spiro atoms. The third-order valence-corrected chi connectivity index (χ3v) is 6.94. The molecule has 1 N–H and O–H groups in total. The molecule has 0 bridgehead atoms. The first-order valence-corrected chi connectivity index (χ1v) is 12.1. The van der Waals surface area contributed by atoms with E-state index < -0.39 is 22.0 Å². The van der Waals surface area contributed by atoms with E-state index in [2.05, 4.69) is 5.32 Å². The van der Waals surface area contributed by atoms with E-state index in [1.165, 1.54) is 4.31 Å². The van der Waals surface area contributed by atoms with Crippen molar-refractivity contribution in [3.05, 3.63) is 78.4 Å². The predicted molar refractivity (Wildman–Crippen MR) is 127 cm³/mol. The summed E-state index contributed by atoms with van der Waals surface area (Å²) in [7, 11) is -3.91. The van der Waals surface area contributed by atoms with Gasteiger partial charge in [-0.3, -0.25) is 9.10 Å². The van der Waals surface area contributed by atoms with Crippen LogP contribution < -0.4 is 19.1 Å². The Balaban J connectivity index is 1.64. The van der Waals surface area contributed by atoms with Crippen molar-refractivity contribution in [3.8, 4) is 11.5 Å². The van der Waals surface area contributed by atoms with Crippen molar-refractivity contribution in [1.82, 2.24) is 0 Å². The summed E-state index contributed by atoms with van der Waals surface area (Å²) in [5.74, 6) is 0.390. The van der Waals surface area contributed by atoms with Crippen LogP contribution in [0.4, 0.5) is 11.4 Å². The molecular weight excluding hydrogens is 440 g/mol. The van der Waals surface area contributed by atoms with Crippen LogP contribution in [0.1, 0.15) is 19.4 Å². The third kappa shape index (κ3) is 4.80. The number of sulfonamides is 1. The van der Waals surface area contributed by atoms with Gasteiger partial charge in [0.25, 0.3) is 15.9 Å². The molecule has 0 radical (unpaired) electrons. The number of ether oxygens (including phenoxy) is 2. The van der Waals surface area contributed by atoms with Crippen LogP contribution in [-0.2, 0) is 14.8 Å². The lowest BCUT2D eigenvalue weighted by Gasteiger charge is -2.34. The van der Waals surface area contributed by atoms with Crippen molar-refractivity contribution in [2.45, 2.75) is 37.9 Å². The van der Waals surface area contributed by atoms with E-state index in [0.717, 1.165) is 5.56 Å². The molecule has 3 aromatic rings. The minimum atomic E-state index is -3.91. The number of amides is 1. The maximum atomic E-state index is 13.5. The fraction of sp³-hybridized carbons (Fsp3) is 0.240. The summed E-state index contributed by atoms with van der Waals surface area (Å²) in [6.45, 7) is 5.52. The molecule has 0 saturated carbocycles. The molecule has 172 valence electrons. The number of fused-ring (bicyclic) bond motifs is 1. The summed E-state index contributed by atoms with van der Waals surface area (Å²) in [5.41, 5.74) is 1.84. The van der Waals surface area contributed by atoms with Gasteiger partial charge < -0.3 is 14.8 Å². The number of carbonyl (C=O) groups excluding carboxylic acids is 1. The van der Waals surface area contributed by atoms with E-state index in [0.29, 0.717) is 22.9 Å². The lowest BCUT2D eigenvalue weighted by Crippen LogP contribution is -2.48. The molecule has 1 aliphatic rings. The summed E-state index contributed by atoms with van der Waals surface area (Å²) in [6.07, 6.45) is -1.12. The highest BCUT2D eigenvalue weighted by Crippen LogP contribution is 2.37. The molecule has 1 heterocycles. The minimum absolute atomic E-state index is 0.0731. The first-order chi connectivity index (χ1) is 15.8. The zero-order valence-corrected chi connectivity index (χ0v) is 19.5. The number of nitrogens with zero attached hydrogens (tertiary/aromatic N) is 1. The van der Waals surface area contributed by atoms with Gasteiger partial charge in [-0.2, -0.15) is 0 Å². The van der Waals surface area contributed by atoms with Crippen LogP contribution in [-0.4, -0.2) is 33.1 Å². The van der Waals surface area contributed by atoms with Crippen molar-refractivity contribution in [2.24, 2.45) is 0 Å². The molecule has 8 heteroatoms. The number of hydrogen-bond acceptors (Lipinski definition) is 5. The van der Waals surface area contributed by atoms with E-state index in [9.17, 15) is 13.2 Å². The molecule has 7 nitrogen and oxygen atoms in total. The zero-order chi connectivity index (χ0) is 23.6. The summed E-state index contributed by atoms with van der Waals surface area (Å²) >= 11 is 0. The Kier molecular flexibility index (Phi) is 6.29. The largest absolute Gasteiger partial charge is 0.489 e. The SMILES string of the molecule is Cc1ccc(S(=O)(=O)N2CC(C(=O)Nc3ccccc3OC(C)C)Oc3ccccc32)cc1. The average Bonchev–Trinajstić information content (AvgIpc) is 2.79. The molecule has 0 aliphatic carbocycles. The molecule has 3 aromatic carbocycles. The zero-order valence-electron chi connectivity index (χ0n) is 18.7. The van der Waals surface area contributed by atoms with Crippen LogP contribution in [0, 0.1) is 6.92 Å². The van der Waals surface area contributed by atoms with Gasteiger partial charge in [0.2, 0.25) is 0 Å². The first-order valence-electron chi connectivity index (χ1n) is 10.7. The fourth-order valence-corrected chi connectivity index (χ4v) is 5.02. The van der Waals surface area contributed by atoms with Crippen LogP contribution in [0.25, 0.3) is 0 Å². The standard InChI is InChI=1S/C25H26N2O5S/c1-17(2)31-22-10-6-4-8-20(22)26-25(28)24-16-27(21-9-5-7-11-23(21)32-24)33(29,30)19-14-12-18(3)13-15-19/h4-15,17,24H,16H2,1-3H3,(H,26,28). The Hall–Kier alpha value is -3.52. The fourth-order valence-electron chi connectivity index (χ4n) is 3.54. The molecule has 4 rings (SSSR count). The summed E-state index contributed by atoms with van der Waals surface area (Å²) in [4.78, 5) is 13.3. The van der Waals surface area contributed by atoms with Gasteiger partial charge in [0, 0.05) is 0 Å². The smallest absolute Gasteiger partial charge is 0.267 e. The molecule has 0 saturated heterocycles. The van der Waals surface area contributed by atoms with Gasteiger partial charge >= 0.3 is 0 Å². The van der Waals surface area contributed by atoms with Gasteiger partial charge in [-0.1, -0.05) is 42.0 Å². The number of anilines is 2. The molecular formula is C25H26N2O5S. The van der Waals surface area contributed by atoms with Crippen molar-refractivity contribution in [1.29, 1.82) is 0 Å². The number of carbonyl (C=O) groups is 1. The summed E-state index contributed by atoms with van der Waals surface area (Å²) in [6, 6.07) is 20.5. The maximum Gasteiger partial charge on any atom is 0.267 e. The molecule has 1 atom stereocenters. The third-order valence-electron chi connectivity index (χ3n) is 5.14. The quantitative estimate of drug-likeness (QED) is 0.583. The molecule has 1 amide bonds. The van der Waals surface area contributed by atoms with Gasteiger partial charge in [0.1, 0.15) is 11.5 Å². The normalized spacial score (nSPS) is 15.5. The number of aryl methyl sites for hydroxylation is 1. The summed E-state index contributed by atoms with van der Waals surface area (Å²) in [5, 5.41) is 2.83. The van der Waals surface area contributed by atoms with Gasteiger partial charge in [0.15, 0.2) is 6.10 Å². The number of para-hydroxylation sites is 4. The van der Waals surface area contributed by atoms with Crippen LogP contribution in [0.3, 0.4) is 0 Å². The Morgan fingerprint density at radius 1 is 1.03 bits per heavy atom. The van der Waals surface area contributed by atoms with Gasteiger partial charge in [0.05, 0.1) is 28.9 Å². The van der Waals surface area contributed by atoms with Crippen LogP contribution in [0.2, 0.25) is 0 Å². The Bertz CT molecular complexity index is 1260. The minimum Gasteiger partial charge on any atom is -0.489 e. The molecule has 1 unspecified atom stereocenters. The van der Waals surface area contributed by atoms with E-state index >= 15 is 0 Å². The molecule has 0 fully saturated rings. The van der Waals surface area contributed by atoms with Crippen LogP contribution >= 0.6 is 0 Å². The Morgan fingerprint density at radius 2 is 1.70 bits per heavy atom. The second-order valence-corrected chi connectivity index (χ2v) is 9.94. The first kappa shape index (κ1) is 22.7. The number of hydrogen-bond donors (Lipinski definition) is 1. The lowest BCUT2D eigenvalue weighted by molar-refractivity contribution is -0.122. The second-order valence-electron chi connectivity index (χ2n) is 8.08. The molecule has 33 heavy (non-hydrogen) atoms. The predicted octanol–water partition coefficient (Wildman–Crippen LogP) is 4.38. The van der Waals surface area contributed by atoms with Crippen molar-refractivity contribution in [2.75, 3.05) is 16.2 Å². The van der Waals surface area contributed by atoms with Gasteiger partial charge in [-0.15, -0.1) is 0 Å². The van der Waals surface area contributed by atoms with E-state index in [1.54, 1.807) is 66.7 Å². The molecule has 0 aromatic heterocycles. The Labute approximate surface area is 194 Å². The maximum absolute atomic E-state index is 13.5.